The number of aliphatic hydroxyl groups excluding tert-OH is 1. The highest BCUT2D eigenvalue weighted by molar-refractivity contribution is 7.89. The SMILES string of the molecule is CCOCC(C)NS(=O)(=O)c1csc(CO)c1. The van der Waals surface area contributed by atoms with Crippen LogP contribution in [0.5, 0.6) is 0 Å². The smallest absolute Gasteiger partial charge is 0.241 e. The van der Waals surface area contributed by atoms with Crippen molar-refractivity contribution in [3.8, 4) is 0 Å². The molecule has 1 rings (SSSR count). The molecule has 0 aliphatic rings. The van der Waals surface area contributed by atoms with Gasteiger partial charge in [-0.3, -0.25) is 0 Å². The van der Waals surface area contributed by atoms with Crippen LogP contribution in [-0.2, 0) is 21.4 Å². The first-order valence-electron chi connectivity index (χ1n) is 5.28. The van der Waals surface area contributed by atoms with Crippen LogP contribution in [0, 0.1) is 0 Å². The highest BCUT2D eigenvalue weighted by atomic mass is 32.2. The van der Waals surface area contributed by atoms with Gasteiger partial charge >= 0.3 is 0 Å². The van der Waals surface area contributed by atoms with Gasteiger partial charge in [-0.1, -0.05) is 0 Å². The average molecular weight is 279 g/mol. The van der Waals surface area contributed by atoms with Crippen LogP contribution in [0.2, 0.25) is 0 Å². The number of thiophene rings is 1. The van der Waals surface area contributed by atoms with E-state index in [1.54, 1.807) is 6.92 Å². The summed E-state index contributed by atoms with van der Waals surface area (Å²) in [5.74, 6) is 0. The Morgan fingerprint density at radius 1 is 1.59 bits per heavy atom. The van der Waals surface area contributed by atoms with E-state index in [9.17, 15) is 8.42 Å². The summed E-state index contributed by atoms with van der Waals surface area (Å²) < 4.78 is 31.4. The van der Waals surface area contributed by atoms with E-state index in [0.29, 0.717) is 18.1 Å². The number of nitrogens with one attached hydrogen (secondary N) is 1. The Kier molecular flexibility index (Phi) is 5.54. The lowest BCUT2D eigenvalue weighted by molar-refractivity contribution is 0.133. The minimum atomic E-state index is -3.51. The predicted molar refractivity (Wildman–Crippen MR) is 66.5 cm³/mol. The number of aliphatic hydroxyl groups is 1. The first kappa shape index (κ1) is 14.6. The van der Waals surface area contributed by atoms with Gasteiger partial charge in [-0.25, -0.2) is 13.1 Å². The molecule has 0 amide bonds. The molecule has 0 saturated heterocycles. The van der Waals surface area contributed by atoms with Crippen LogP contribution < -0.4 is 4.72 Å². The van der Waals surface area contributed by atoms with Crippen LogP contribution in [0.4, 0.5) is 0 Å². The molecular weight excluding hydrogens is 262 g/mol. The zero-order chi connectivity index (χ0) is 12.9. The van der Waals surface area contributed by atoms with Gasteiger partial charge in [0.05, 0.1) is 18.1 Å². The molecule has 1 aromatic heterocycles. The van der Waals surface area contributed by atoms with Gasteiger partial charge in [0.1, 0.15) is 0 Å². The third-order valence-electron chi connectivity index (χ3n) is 2.02. The van der Waals surface area contributed by atoms with Gasteiger partial charge in [0.25, 0.3) is 0 Å². The Hall–Kier alpha value is -0.470. The second kappa shape index (κ2) is 6.46. The highest BCUT2D eigenvalue weighted by Crippen LogP contribution is 2.19. The van der Waals surface area contributed by atoms with Crippen molar-refractivity contribution >= 4 is 21.4 Å². The summed E-state index contributed by atoms with van der Waals surface area (Å²) >= 11 is 1.22. The zero-order valence-corrected chi connectivity index (χ0v) is 11.5. The maximum absolute atomic E-state index is 11.9. The molecule has 0 aliphatic carbocycles. The number of sulfonamides is 1. The molecule has 0 aliphatic heterocycles. The maximum atomic E-state index is 11.9. The molecule has 98 valence electrons. The maximum Gasteiger partial charge on any atom is 0.241 e. The van der Waals surface area contributed by atoms with Crippen molar-refractivity contribution in [3.05, 3.63) is 16.3 Å². The third kappa shape index (κ3) is 4.36. The van der Waals surface area contributed by atoms with Gasteiger partial charge in [0, 0.05) is 22.9 Å². The average Bonchev–Trinajstić information content (AvgIpc) is 2.75. The lowest BCUT2D eigenvalue weighted by Crippen LogP contribution is -2.35. The number of ether oxygens (including phenoxy) is 1. The molecule has 0 aromatic carbocycles. The van der Waals surface area contributed by atoms with Gasteiger partial charge in [0.2, 0.25) is 10.0 Å². The van der Waals surface area contributed by atoms with Crippen LogP contribution in [-0.4, -0.2) is 32.8 Å². The molecule has 17 heavy (non-hydrogen) atoms. The number of hydrogen-bond acceptors (Lipinski definition) is 5. The third-order valence-corrected chi connectivity index (χ3v) is 4.66. The van der Waals surface area contributed by atoms with Crippen molar-refractivity contribution in [1.29, 1.82) is 0 Å². The van der Waals surface area contributed by atoms with Gasteiger partial charge in [-0.2, -0.15) is 0 Å². The quantitative estimate of drug-likeness (QED) is 0.779. The summed E-state index contributed by atoms with van der Waals surface area (Å²) in [7, 11) is -3.51. The van der Waals surface area contributed by atoms with Crippen molar-refractivity contribution in [2.24, 2.45) is 0 Å². The Labute approximate surface area is 105 Å². The second-order valence-corrected chi connectivity index (χ2v) is 6.30. The van der Waals surface area contributed by atoms with Crippen molar-refractivity contribution in [2.75, 3.05) is 13.2 Å². The molecule has 0 fully saturated rings. The van der Waals surface area contributed by atoms with Crippen molar-refractivity contribution in [3.63, 3.8) is 0 Å². The van der Waals surface area contributed by atoms with E-state index in [1.165, 1.54) is 22.8 Å². The highest BCUT2D eigenvalue weighted by Gasteiger charge is 2.18. The second-order valence-electron chi connectivity index (χ2n) is 3.59. The summed E-state index contributed by atoms with van der Waals surface area (Å²) in [4.78, 5) is 0.817. The van der Waals surface area contributed by atoms with E-state index in [1.807, 2.05) is 6.92 Å². The van der Waals surface area contributed by atoms with E-state index in [2.05, 4.69) is 4.72 Å². The molecule has 0 saturated carbocycles. The van der Waals surface area contributed by atoms with Crippen molar-refractivity contribution in [2.45, 2.75) is 31.4 Å². The van der Waals surface area contributed by atoms with E-state index in [-0.39, 0.29) is 17.5 Å². The van der Waals surface area contributed by atoms with Gasteiger partial charge in [-0.15, -0.1) is 11.3 Å². The Bertz CT molecular complexity index is 441. The molecule has 1 aromatic rings. The first-order valence-corrected chi connectivity index (χ1v) is 7.64. The molecule has 1 atom stereocenters. The fraction of sp³-hybridized carbons (Fsp3) is 0.600. The largest absolute Gasteiger partial charge is 0.391 e. The molecular formula is C10H17NO4S2. The molecule has 0 spiro atoms. The Morgan fingerprint density at radius 2 is 2.29 bits per heavy atom. The lowest BCUT2D eigenvalue weighted by atomic mass is 10.4. The van der Waals surface area contributed by atoms with Crippen LogP contribution >= 0.6 is 11.3 Å². The predicted octanol–water partition coefficient (Wildman–Crippen LogP) is 0.944. The minimum Gasteiger partial charge on any atom is -0.391 e. The van der Waals surface area contributed by atoms with Gasteiger partial charge in [-0.05, 0) is 19.9 Å². The summed E-state index contributed by atoms with van der Waals surface area (Å²) in [6, 6.07) is 1.19. The monoisotopic (exact) mass is 279 g/mol. The van der Waals surface area contributed by atoms with Crippen LogP contribution in [0.3, 0.4) is 0 Å². The van der Waals surface area contributed by atoms with E-state index in [0.717, 1.165) is 0 Å². The molecule has 0 radical (unpaired) electrons. The number of rotatable bonds is 7. The standard InChI is InChI=1S/C10H17NO4S2/c1-3-15-6-8(2)11-17(13,14)10-4-9(5-12)16-7-10/h4,7-8,11-12H,3,5-6H2,1-2H3. The van der Waals surface area contributed by atoms with E-state index in [4.69, 9.17) is 9.84 Å². The normalized spacial score (nSPS) is 13.8. The Morgan fingerprint density at radius 3 is 2.82 bits per heavy atom. The topological polar surface area (TPSA) is 75.6 Å². The molecule has 5 nitrogen and oxygen atoms in total. The first-order chi connectivity index (χ1) is 7.99. The van der Waals surface area contributed by atoms with Gasteiger partial charge in [0.15, 0.2) is 0 Å². The molecule has 7 heteroatoms. The summed E-state index contributed by atoms with van der Waals surface area (Å²) in [6.07, 6.45) is 0. The van der Waals surface area contributed by atoms with Crippen molar-refractivity contribution < 1.29 is 18.3 Å². The molecule has 1 unspecified atom stereocenters. The summed E-state index contributed by atoms with van der Waals surface area (Å²) in [6.45, 7) is 4.35. The summed E-state index contributed by atoms with van der Waals surface area (Å²) in [5.41, 5.74) is 0. The number of hydrogen-bond donors (Lipinski definition) is 2. The van der Waals surface area contributed by atoms with Crippen molar-refractivity contribution in [1.82, 2.24) is 4.72 Å². The molecule has 2 N–H and O–H groups in total. The van der Waals surface area contributed by atoms with Crippen LogP contribution in [0.1, 0.15) is 18.7 Å². The molecule has 0 bridgehead atoms. The molecule has 1 heterocycles. The zero-order valence-electron chi connectivity index (χ0n) is 9.84. The lowest BCUT2D eigenvalue weighted by Gasteiger charge is -2.13. The fourth-order valence-electron chi connectivity index (χ4n) is 1.25. The fourth-order valence-corrected chi connectivity index (χ4v) is 3.61. The Balaban J connectivity index is 2.68. The van der Waals surface area contributed by atoms with E-state index < -0.39 is 10.0 Å². The van der Waals surface area contributed by atoms with E-state index >= 15 is 0 Å². The minimum absolute atomic E-state index is 0.144. The van der Waals surface area contributed by atoms with Gasteiger partial charge < -0.3 is 9.84 Å². The van der Waals surface area contributed by atoms with Crippen LogP contribution in [0.15, 0.2) is 16.3 Å². The summed E-state index contributed by atoms with van der Waals surface area (Å²) in [5, 5.41) is 10.4. The van der Waals surface area contributed by atoms with Crippen LogP contribution in [0.25, 0.3) is 0 Å².